The molecule has 5 nitrogen and oxygen atoms in total. The number of carbonyl (C=O) groups excluding carboxylic acids is 1. The first-order valence-electron chi connectivity index (χ1n) is 5.49. The molecule has 6 heteroatoms. The average molecular weight is 249 g/mol. The Morgan fingerprint density at radius 3 is 2.38 bits per heavy atom. The number of carbonyl (C=O) groups is 1. The summed E-state index contributed by atoms with van der Waals surface area (Å²) in [6.45, 7) is 2.69. The molecule has 0 atom stereocenters. The molecule has 1 fully saturated rings. The first-order chi connectivity index (χ1) is 7.46. The van der Waals surface area contributed by atoms with Crippen molar-refractivity contribution < 1.29 is 17.9 Å². The van der Waals surface area contributed by atoms with E-state index in [1.165, 1.54) is 7.11 Å². The Kier molecular flexibility index (Phi) is 4.32. The van der Waals surface area contributed by atoms with Crippen LogP contribution in [0.1, 0.15) is 26.2 Å². The van der Waals surface area contributed by atoms with E-state index in [4.69, 9.17) is 4.74 Å². The van der Waals surface area contributed by atoms with Gasteiger partial charge in [0.15, 0.2) is 0 Å². The molecule has 0 aromatic rings. The number of hydrogen-bond acceptors (Lipinski definition) is 5. The fraction of sp³-hybridized carbons (Fsp3) is 0.900. The van der Waals surface area contributed by atoms with Gasteiger partial charge in [-0.15, -0.1) is 0 Å². The maximum atomic E-state index is 11.7. The van der Waals surface area contributed by atoms with E-state index in [0.717, 1.165) is 6.42 Å². The molecule has 1 saturated heterocycles. The van der Waals surface area contributed by atoms with E-state index in [2.05, 4.69) is 5.32 Å². The minimum Gasteiger partial charge on any atom is -0.468 e. The van der Waals surface area contributed by atoms with E-state index in [-0.39, 0.29) is 17.5 Å². The second-order valence-electron chi connectivity index (χ2n) is 4.15. The smallest absolute Gasteiger partial charge is 0.326 e. The van der Waals surface area contributed by atoms with Crippen molar-refractivity contribution in [1.29, 1.82) is 0 Å². The van der Waals surface area contributed by atoms with Crippen LogP contribution >= 0.6 is 0 Å². The van der Waals surface area contributed by atoms with Crippen molar-refractivity contribution in [2.24, 2.45) is 0 Å². The number of nitrogens with one attached hydrogen (secondary N) is 1. The molecular formula is C10H19NO4S. The van der Waals surface area contributed by atoms with Crippen LogP contribution in [-0.2, 0) is 19.4 Å². The molecule has 0 saturated carbocycles. The standard InChI is InChI=1S/C10H19NO4S/c1-3-6-11-10(9(12)15-2)4-7-16(13,14)8-5-10/h11H,3-8H2,1-2H3. The molecule has 16 heavy (non-hydrogen) atoms. The third-order valence-corrected chi connectivity index (χ3v) is 4.62. The number of esters is 1. The van der Waals surface area contributed by atoms with Crippen LogP contribution in [0.5, 0.6) is 0 Å². The summed E-state index contributed by atoms with van der Waals surface area (Å²) in [5.41, 5.74) is -0.796. The number of hydrogen-bond donors (Lipinski definition) is 1. The van der Waals surface area contributed by atoms with Gasteiger partial charge in [0, 0.05) is 0 Å². The zero-order chi connectivity index (χ0) is 12.2. The molecule has 0 aromatic heterocycles. The zero-order valence-corrected chi connectivity index (χ0v) is 10.6. The quantitative estimate of drug-likeness (QED) is 0.716. The van der Waals surface area contributed by atoms with Gasteiger partial charge in [0.2, 0.25) is 0 Å². The van der Waals surface area contributed by atoms with E-state index in [9.17, 15) is 13.2 Å². The van der Waals surface area contributed by atoms with Crippen LogP contribution < -0.4 is 5.32 Å². The first kappa shape index (κ1) is 13.4. The lowest BCUT2D eigenvalue weighted by Gasteiger charge is -2.35. The molecule has 0 unspecified atom stereocenters. The summed E-state index contributed by atoms with van der Waals surface area (Å²) in [5.74, 6) is -0.242. The van der Waals surface area contributed by atoms with Crippen LogP contribution in [0.3, 0.4) is 0 Å². The van der Waals surface area contributed by atoms with Crippen molar-refractivity contribution in [3.8, 4) is 0 Å². The molecule has 0 bridgehead atoms. The molecule has 0 spiro atoms. The SMILES string of the molecule is CCCNC1(C(=O)OC)CCS(=O)(=O)CC1. The molecule has 0 amide bonds. The Morgan fingerprint density at radius 2 is 1.94 bits per heavy atom. The summed E-state index contributed by atoms with van der Waals surface area (Å²) in [5, 5.41) is 3.13. The Labute approximate surface area is 96.5 Å². The molecule has 0 radical (unpaired) electrons. The number of rotatable bonds is 4. The average Bonchev–Trinajstić information content (AvgIpc) is 2.27. The van der Waals surface area contributed by atoms with Crippen molar-refractivity contribution in [3.05, 3.63) is 0 Å². The minimum atomic E-state index is -2.97. The van der Waals surface area contributed by atoms with Crippen molar-refractivity contribution in [2.75, 3.05) is 25.2 Å². The highest BCUT2D eigenvalue weighted by Crippen LogP contribution is 2.25. The van der Waals surface area contributed by atoms with Gasteiger partial charge in [0.1, 0.15) is 15.4 Å². The fourth-order valence-corrected chi connectivity index (χ4v) is 3.42. The Bertz CT molecular complexity index is 336. The van der Waals surface area contributed by atoms with Gasteiger partial charge in [0.05, 0.1) is 18.6 Å². The summed E-state index contributed by atoms with van der Waals surface area (Å²) in [4.78, 5) is 11.7. The molecule has 94 valence electrons. The summed E-state index contributed by atoms with van der Waals surface area (Å²) < 4.78 is 27.4. The molecule has 1 N–H and O–H groups in total. The molecule has 0 aliphatic carbocycles. The van der Waals surface area contributed by atoms with Crippen LogP contribution in [-0.4, -0.2) is 45.1 Å². The highest BCUT2D eigenvalue weighted by Gasteiger charge is 2.43. The second kappa shape index (κ2) is 5.14. The van der Waals surface area contributed by atoms with Gasteiger partial charge in [-0.25, -0.2) is 8.42 Å². The predicted octanol–water partition coefficient (Wildman–Crippen LogP) is 0.106. The highest BCUT2D eigenvalue weighted by atomic mass is 32.2. The zero-order valence-electron chi connectivity index (χ0n) is 9.78. The van der Waals surface area contributed by atoms with Crippen molar-refractivity contribution in [1.82, 2.24) is 5.32 Å². The van der Waals surface area contributed by atoms with Crippen molar-refractivity contribution >= 4 is 15.8 Å². The van der Waals surface area contributed by atoms with Crippen molar-refractivity contribution in [2.45, 2.75) is 31.7 Å². The highest BCUT2D eigenvalue weighted by molar-refractivity contribution is 7.91. The van der Waals surface area contributed by atoms with Crippen molar-refractivity contribution in [3.63, 3.8) is 0 Å². The van der Waals surface area contributed by atoms with E-state index in [1.54, 1.807) is 0 Å². The van der Waals surface area contributed by atoms with Crippen LogP contribution in [0, 0.1) is 0 Å². The predicted molar refractivity (Wildman–Crippen MR) is 60.9 cm³/mol. The number of sulfone groups is 1. The molecular weight excluding hydrogens is 230 g/mol. The monoisotopic (exact) mass is 249 g/mol. The van der Waals surface area contributed by atoms with E-state index in [0.29, 0.717) is 19.4 Å². The van der Waals surface area contributed by atoms with Gasteiger partial charge in [-0.2, -0.15) is 0 Å². The normalized spacial score (nSPS) is 22.6. The number of ether oxygens (including phenoxy) is 1. The third-order valence-electron chi connectivity index (χ3n) is 2.97. The van der Waals surface area contributed by atoms with Gasteiger partial charge in [-0.3, -0.25) is 4.79 Å². The lowest BCUT2D eigenvalue weighted by atomic mass is 9.92. The number of methoxy groups -OCH3 is 1. The van der Waals surface area contributed by atoms with Gasteiger partial charge in [-0.1, -0.05) is 6.92 Å². The Balaban J connectivity index is 2.78. The minimum absolute atomic E-state index is 0.0544. The van der Waals surface area contributed by atoms with E-state index >= 15 is 0 Å². The maximum absolute atomic E-state index is 11.7. The third kappa shape index (κ3) is 2.95. The summed E-state index contributed by atoms with van der Waals surface area (Å²) in [6, 6.07) is 0. The van der Waals surface area contributed by atoms with Crippen LogP contribution in [0.2, 0.25) is 0 Å². The molecule has 1 aliphatic heterocycles. The summed E-state index contributed by atoms with van der Waals surface area (Å²) in [7, 11) is -1.63. The second-order valence-corrected chi connectivity index (χ2v) is 6.46. The summed E-state index contributed by atoms with van der Waals surface area (Å²) >= 11 is 0. The van der Waals surface area contributed by atoms with Gasteiger partial charge in [-0.05, 0) is 25.8 Å². The van der Waals surface area contributed by atoms with E-state index in [1.807, 2.05) is 6.92 Å². The van der Waals surface area contributed by atoms with Crippen LogP contribution in [0.15, 0.2) is 0 Å². The van der Waals surface area contributed by atoms with Crippen LogP contribution in [0.4, 0.5) is 0 Å². The maximum Gasteiger partial charge on any atom is 0.326 e. The van der Waals surface area contributed by atoms with Gasteiger partial charge in [0.25, 0.3) is 0 Å². The Morgan fingerprint density at radius 1 is 1.38 bits per heavy atom. The molecule has 0 aromatic carbocycles. The molecule has 1 heterocycles. The van der Waals surface area contributed by atoms with Gasteiger partial charge < -0.3 is 10.1 Å². The molecule has 1 aliphatic rings. The topological polar surface area (TPSA) is 72.5 Å². The summed E-state index contributed by atoms with van der Waals surface area (Å²) in [6.07, 6.45) is 1.51. The fourth-order valence-electron chi connectivity index (χ4n) is 1.90. The lowest BCUT2D eigenvalue weighted by molar-refractivity contribution is -0.149. The first-order valence-corrected chi connectivity index (χ1v) is 7.32. The lowest BCUT2D eigenvalue weighted by Crippen LogP contribution is -2.57. The van der Waals surface area contributed by atoms with Crippen LogP contribution in [0.25, 0.3) is 0 Å². The Hall–Kier alpha value is -0.620. The largest absolute Gasteiger partial charge is 0.468 e. The molecule has 1 rings (SSSR count). The van der Waals surface area contributed by atoms with E-state index < -0.39 is 15.4 Å². The van der Waals surface area contributed by atoms with Gasteiger partial charge >= 0.3 is 5.97 Å².